The topological polar surface area (TPSA) is 17.1 Å². The fraction of sp³-hybridized carbons (Fsp3) is 1.00. The number of hydrogen-bond acceptors (Lipinski definition) is 1. The molecule has 0 radical (unpaired) electrons. The maximum absolute atomic E-state index is 11.1. The third kappa shape index (κ3) is 5.60. The predicted molar refractivity (Wildman–Crippen MR) is 53.8 cm³/mol. The minimum atomic E-state index is -3.10. The Morgan fingerprint density at radius 3 is 2.00 bits per heavy atom. The van der Waals surface area contributed by atoms with Crippen LogP contribution in [0.25, 0.3) is 0 Å². The molecule has 0 rings (SSSR count). The molecule has 0 aromatic rings. The van der Waals surface area contributed by atoms with E-state index < -0.39 is 5.85 Å². The molecule has 6 heteroatoms. The normalized spacial score (nSPS) is 17.9. The van der Waals surface area contributed by atoms with Crippen LogP contribution in [-0.4, -0.2) is 16.9 Å². The van der Waals surface area contributed by atoms with Crippen LogP contribution in [0.3, 0.4) is 0 Å². The van der Waals surface area contributed by atoms with Gasteiger partial charge in [0.15, 0.2) is 0 Å². The summed E-state index contributed by atoms with van der Waals surface area (Å²) in [6.45, 7) is 1.78. The lowest BCUT2D eigenvalue weighted by atomic mass is 10.3. The van der Waals surface area contributed by atoms with Gasteiger partial charge in [-0.1, -0.05) is 0 Å². The van der Waals surface area contributed by atoms with E-state index in [1.165, 1.54) is 0 Å². The molecule has 0 fully saturated rings. The first-order valence-corrected chi connectivity index (χ1v) is 7.62. The summed E-state index contributed by atoms with van der Waals surface area (Å²) in [5, 5.41) is -0.107. The van der Waals surface area contributed by atoms with E-state index >= 15 is 0 Å². The predicted octanol–water partition coefficient (Wildman–Crippen LogP) is 4.28. The molecular weight excluding hydrogens is 249 g/mol. The second kappa shape index (κ2) is 5.19. The number of hydrogen-bond donors (Lipinski definition) is 0. The van der Waals surface area contributed by atoms with Crippen molar-refractivity contribution in [3.8, 4) is 0 Å². The van der Waals surface area contributed by atoms with Crippen LogP contribution in [0.1, 0.15) is 13.3 Å². The molecule has 0 saturated heterocycles. The van der Waals surface area contributed by atoms with Gasteiger partial charge >= 0.3 is 0 Å². The van der Waals surface area contributed by atoms with Crippen LogP contribution in [0.5, 0.6) is 0 Å². The first-order valence-electron chi connectivity index (χ1n) is 3.07. The van der Waals surface area contributed by atoms with Crippen LogP contribution >= 0.6 is 51.5 Å². The number of alkyl halides is 2. The van der Waals surface area contributed by atoms with Crippen LogP contribution in [0.4, 0.5) is 0 Å². The molecule has 0 bridgehead atoms. The van der Waals surface area contributed by atoms with Gasteiger partial charge in [-0.2, -0.15) is 0 Å². The summed E-state index contributed by atoms with van der Waals surface area (Å²) >= 11 is 22.0. The monoisotopic (exact) mass is 256 g/mol. The van der Waals surface area contributed by atoms with Gasteiger partial charge < -0.3 is 0 Å². The minimum Gasteiger partial charge on any atom is -0.289 e. The Labute approximate surface area is 86.3 Å². The van der Waals surface area contributed by atoms with Gasteiger partial charge in [0, 0.05) is 11.3 Å². The Morgan fingerprint density at radius 2 is 1.91 bits per heavy atom. The lowest BCUT2D eigenvalue weighted by Crippen LogP contribution is -2.10. The van der Waals surface area contributed by atoms with Crippen molar-refractivity contribution in [3.63, 3.8) is 0 Å². The van der Waals surface area contributed by atoms with E-state index in [0.717, 1.165) is 0 Å². The zero-order chi connectivity index (χ0) is 9.07. The first-order chi connectivity index (χ1) is 4.88. The van der Waals surface area contributed by atoms with E-state index in [0.29, 0.717) is 6.42 Å². The molecule has 0 aliphatic heterocycles. The molecule has 68 valence electrons. The van der Waals surface area contributed by atoms with Crippen LogP contribution in [-0.2, 0) is 4.57 Å². The smallest absolute Gasteiger partial charge is 0.257 e. The van der Waals surface area contributed by atoms with Gasteiger partial charge in [-0.15, -0.1) is 23.2 Å². The molecule has 0 aliphatic carbocycles. The van der Waals surface area contributed by atoms with Gasteiger partial charge in [-0.05, 0) is 35.8 Å². The lowest BCUT2D eigenvalue weighted by molar-refractivity contribution is 0.582. The average molecular weight is 258 g/mol. The Kier molecular flexibility index (Phi) is 5.85. The van der Waals surface area contributed by atoms with Gasteiger partial charge in [0.25, 0.3) is 5.85 Å². The summed E-state index contributed by atoms with van der Waals surface area (Å²) in [5.74, 6) is -2.92. The van der Waals surface area contributed by atoms with E-state index in [4.69, 9.17) is 45.7 Å². The van der Waals surface area contributed by atoms with Crippen molar-refractivity contribution in [3.05, 3.63) is 0 Å². The molecule has 2 unspecified atom stereocenters. The average Bonchev–Trinajstić information content (AvgIpc) is 1.79. The summed E-state index contributed by atoms with van der Waals surface area (Å²) in [4.78, 5) is 0. The Balaban J connectivity index is 4.08. The van der Waals surface area contributed by atoms with E-state index in [1.54, 1.807) is 6.92 Å². The van der Waals surface area contributed by atoms with Crippen molar-refractivity contribution in [2.24, 2.45) is 0 Å². The molecule has 0 spiro atoms. The zero-order valence-corrected chi connectivity index (χ0v) is 9.85. The van der Waals surface area contributed by atoms with Crippen molar-refractivity contribution in [1.29, 1.82) is 0 Å². The second-order valence-electron chi connectivity index (χ2n) is 2.33. The van der Waals surface area contributed by atoms with Crippen molar-refractivity contribution >= 4 is 51.5 Å². The third-order valence-electron chi connectivity index (χ3n) is 1.20. The van der Waals surface area contributed by atoms with Crippen molar-refractivity contribution < 1.29 is 4.57 Å². The standard InChI is InChI=1S/C5H9Cl4OP/c1-4(7)2-5(3-6)11(8,9)10/h4-5H,2-3H2,1H3. The molecule has 0 saturated carbocycles. The summed E-state index contributed by atoms with van der Waals surface area (Å²) < 4.78 is 11.1. The zero-order valence-electron chi connectivity index (χ0n) is 5.94. The maximum Gasteiger partial charge on any atom is 0.257 e. The highest BCUT2D eigenvalue weighted by Crippen LogP contribution is 2.62. The quantitative estimate of drug-likeness (QED) is 0.543. The second-order valence-corrected chi connectivity index (χ2v) is 8.65. The molecule has 11 heavy (non-hydrogen) atoms. The molecule has 2 atom stereocenters. The Bertz CT molecular complexity index is 155. The summed E-state index contributed by atoms with van der Waals surface area (Å²) in [6, 6.07) is 0. The fourth-order valence-electron chi connectivity index (χ4n) is 0.641. The lowest BCUT2D eigenvalue weighted by Gasteiger charge is -2.15. The third-order valence-corrected chi connectivity index (χ3v) is 4.87. The van der Waals surface area contributed by atoms with E-state index in [1.807, 2.05) is 0 Å². The van der Waals surface area contributed by atoms with E-state index in [-0.39, 0.29) is 16.9 Å². The van der Waals surface area contributed by atoms with Crippen LogP contribution < -0.4 is 0 Å². The molecule has 0 N–H and O–H groups in total. The SMILES string of the molecule is CC(Cl)CC(CCl)P(=O)(Cl)Cl. The molecule has 0 amide bonds. The fourth-order valence-corrected chi connectivity index (χ4v) is 3.73. The highest BCUT2D eigenvalue weighted by atomic mass is 35.9. The van der Waals surface area contributed by atoms with Crippen LogP contribution in [0.2, 0.25) is 0 Å². The maximum atomic E-state index is 11.1. The molecule has 0 aromatic carbocycles. The van der Waals surface area contributed by atoms with Gasteiger partial charge in [0.05, 0.1) is 5.66 Å². The van der Waals surface area contributed by atoms with Crippen molar-refractivity contribution in [1.82, 2.24) is 0 Å². The summed E-state index contributed by atoms with van der Waals surface area (Å²) in [7, 11) is 0. The molecular formula is C5H9Cl4OP. The highest BCUT2D eigenvalue weighted by molar-refractivity contribution is 8.09. The Morgan fingerprint density at radius 1 is 1.45 bits per heavy atom. The highest BCUT2D eigenvalue weighted by Gasteiger charge is 2.28. The van der Waals surface area contributed by atoms with Crippen LogP contribution in [0.15, 0.2) is 0 Å². The molecule has 1 nitrogen and oxygen atoms in total. The summed E-state index contributed by atoms with van der Waals surface area (Å²) in [5.41, 5.74) is -0.389. The van der Waals surface area contributed by atoms with Gasteiger partial charge in [0.2, 0.25) is 0 Å². The molecule has 0 aromatic heterocycles. The van der Waals surface area contributed by atoms with Gasteiger partial charge in [-0.3, -0.25) is 4.57 Å². The van der Waals surface area contributed by atoms with Crippen molar-refractivity contribution in [2.75, 3.05) is 5.88 Å². The molecule has 0 aliphatic rings. The number of halogens is 4. The van der Waals surface area contributed by atoms with Gasteiger partial charge in [-0.25, -0.2) is 0 Å². The van der Waals surface area contributed by atoms with E-state index in [9.17, 15) is 4.57 Å². The van der Waals surface area contributed by atoms with Crippen LogP contribution in [0, 0.1) is 0 Å². The van der Waals surface area contributed by atoms with Gasteiger partial charge in [0.1, 0.15) is 0 Å². The minimum absolute atomic E-state index is 0.107. The Hall–Kier alpha value is 1.39. The summed E-state index contributed by atoms with van der Waals surface area (Å²) in [6.07, 6.45) is 0.481. The largest absolute Gasteiger partial charge is 0.289 e. The number of rotatable bonds is 4. The van der Waals surface area contributed by atoms with Crippen molar-refractivity contribution in [2.45, 2.75) is 24.4 Å². The van der Waals surface area contributed by atoms with E-state index in [2.05, 4.69) is 0 Å². The first kappa shape index (κ1) is 12.4. The molecule has 0 heterocycles.